The van der Waals surface area contributed by atoms with Crippen molar-refractivity contribution in [3.8, 4) is 11.5 Å². The van der Waals surface area contributed by atoms with Gasteiger partial charge in [0.05, 0.1) is 6.61 Å². The lowest BCUT2D eigenvalue weighted by molar-refractivity contribution is 0.265. The number of benzene rings is 2. The first kappa shape index (κ1) is 25.6. The van der Waals surface area contributed by atoms with E-state index in [9.17, 15) is 0 Å². The van der Waals surface area contributed by atoms with Crippen molar-refractivity contribution in [3.05, 3.63) is 59.2 Å². The van der Waals surface area contributed by atoms with Gasteiger partial charge in [-0.1, -0.05) is 42.0 Å². The predicted octanol–water partition coefficient (Wildman–Crippen LogP) is 4.91. The Morgan fingerprint density at radius 1 is 1.00 bits per heavy atom. The van der Waals surface area contributed by atoms with Crippen molar-refractivity contribution in [2.24, 2.45) is 5.92 Å². The average molecular weight is 441 g/mol. The molecule has 2 aromatic rings. The third kappa shape index (κ3) is 8.06. The van der Waals surface area contributed by atoms with E-state index in [-0.39, 0.29) is 24.8 Å². The third-order valence-electron chi connectivity index (χ3n) is 5.07. The van der Waals surface area contributed by atoms with Crippen LogP contribution in [0, 0.1) is 12.8 Å². The summed E-state index contributed by atoms with van der Waals surface area (Å²) in [5.74, 6) is 2.45. The minimum absolute atomic E-state index is 0. The molecule has 0 aromatic heterocycles. The van der Waals surface area contributed by atoms with E-state index in [2.05, 4.69) is 47.9 Å². The van der Waals surface area contributed by atoms with Crippen LogP contribution < -0.4 is 20.1 Å². The second-order valence-corrected chi connectivity index (χ2v) is 7.28. The fraction of sp³-hybridized carbons (Fsp3) is 0.478. The van der Waals surface area contributed by atoms with E-state index in [1.807, 2.05) is 19.1 Å². The molecule has 0 saturated carbocycles. The van der Waals surface area contributed by atoms with Gasteiger partial charge in [0.2, 0.25) is 0 Å². The SMILES string of the molecule is CCOc1cccc(CNCC2CCNCC2)c1OCc1ccc(C)cc1.Cl.Cl. The zero-order valence-electron chi connectivity index (χ0n) is 17.4. The molecule has 1 heterocycles. The van der Waals surface area contributed by atoms with E-state index in [1.54, 1.807) is 0 Å². The van der Waals surface area contributed by atoms with E-state index in [1.165, 1.54) is 24.0 Å². The Morgan fingerprint density at radius 3 is 2.41 bits per heavy atom. The van der Waals surface area contributed by atoms with Gasteiger partial charge in [-0.15, -0.1) is 24.8 Å². The molecule has 162 valence electrons. The lowest BCUT2D eigenvalue weighted by atomic mass is 9.98. The number of hydrogen-bond donors (Lipinski definition) is 2. The number of nitrogens with one attached hydrogen (secondary N) is 2. The van der Waals surface area contributed by atoms with E-state index in [4.69, 9.17) is 9.47 Å². The zero-order chi connectivity index (χ0) is 18.9. The summed E-state index contributed by atoms with van der Waals surface area (Å²) in [5.41, 5.74) is 3.58. The second-order valence-electron chi connectivity index (χ2n) is 7.28. The van der Waals surface area contributed by atoms with Crippen LogP contribution in [0.15, 0.2) is 42.5 Å². The van der Waals surface area contributed by atoms with E-state index in [0.29, 0.717) is 13.2 Å². The summed E-state index contributed by atoms with van der Waals surface area (Å²) in [7, 11) is 0. The van der Waals surface area contributed by atoms with Gasteiger partial charge in [-0.05, 0) is 63.9 Å². The number of aryl methyl sites for hydroxylation is 1. The van der Waals surface area contributed by atoms with Crippen molar-refractivity contribution in [2.75, 3.05) is 26.2 Å². The summed E-state index contributed by atoms with van der Waals surface area (Å²) in [6, 6.07) is 14.6. The maximum atomic E-state index is 6.21. The van der Waals surface area contributed by atoms with Crippen LogP contribution >= 0.6 is 24.8 Å². The molecule has 0 unspecified atom stereocenters. The Bertz CT molecular complexity index is 705. The summed E-state index contributed by atoms with van der Waals surface area (Å²) >= 11 is 0. The minimum Gasteiger partial charge on any atom is -0.490 e. The van der Waals surface area contributed by atoms with Gasteiger partial charge in [-0.25, -0.2) is 0 Å². The summed E-state index contributed by atoms with van der Waals surface area (Å²) in [4.78, 5) is 0. The lowest BCUT2D eigenvalue weighted by Crippen LogP contribution is -2.33. The van der Waals surface area contributed by atoms with Crippen molar-refractivity contribution >= 4 is 24.8 Å². The van der Waals surface area contributed by atoms with Gasteiger partial charge in [0.15, 0.2) is 11.5 Å². The van der Waals surface area contributed by atoms with Crippen LogP contribution in [0.4, 0.5) is 0 Å². The molecule has 1 aliphatic rings. The molecular weight excluding hydrogens is 407 g/mol. The van der Waals surface area contributed by atoms with Crippen LogP contribution in [-0.2, 0) is 13.2 Å². The average Bonchev–Trinajstić information content (AvgIpc) is 2.70. The Morgan fingerprint density at radius 2 is 1.72 bits per heavy atom. The van der Waals surface area contributed by atoms with Crippen LogP contribution in [0.3, 0.4) is 0 Å². The molecular formula is C23H34Cl2N2O2. The second kappa shape index (κ2) is 13.7. The zero-order valence-corrected chi connectivity index (χ0v) is 19.0. The number of rotatable bonds is 9. The molecule has 1 aliphatic heterocycles. The first-order valence-electron chi connectivity index (χ1n) is 10.1. The van der Waals surface area contributed by atoms with Crippen molar-refractivity contribution in [2.45, 2.75) is 39.8 Å². The third-order valence-corrected chi connectivity index (χ3v) is 5.07. The highest BCUT2D eigenvalue weighted by Crippen LogP contribution is 2.32. The monoisotopic (exact) mass is 440 g/mol. The van der Waals surface area contributed by atoms with Gasteiger partial charge >= 0.3 is 0 Å². The van der Waals surface area contributed by atoms with Gasteiger partial charge in [0.25, 0.3) is 0 Å². The summed E-state index contributed by atoms with van der Waals surface area (Å²) in [5, 5.41) is 7.05. The number of piperidine rings is 1. The molecule has 0 spiro atoms. The van der Waals surface area contributed by atoms with Crippen LogP contribution in [0.25, 0.3) is 0 Å². The highest BCUT2D eigenvalue weighted by atomic mass is 35.5. The Labute approximate surface area is 187 Å². The van der Waals surface area contributed by atoms with Gasteiger partial charge in [-0.2, -0.15) is 0 Å². The summed E-state index contributed by atoms with van der Waals surface area (Å²) in [6.07, 6.45) is 2.51. The fourth-order valence-corrected chi connectivity index (χ4v) is 3.47. The largest absolute Gasteiger partial charge is 0.490 e. The molecule has 0 amide bonds. The molecule has 29 heavy (non-hydrogen) atoms. The highest BCUT2D eigenvalue weighted by Gasteiger charge is 2.14. The van der Waals surface area contributed by atoms with Gasteiger partial charge in [-0.3, -0.25) is 0 Å². The molecule has 3 rings (SSSR count). The van der Waals surface area contributed by atoms with Crippen molar-refractivity contribution in [3.63, 3.8) is 0 Å². The number of ether oxygens (including phenoxy) is 2. The topological polar surface area (TPSA) is 42.5 Å². The van der Waals surface area contributed by atoms with Crippen molar-refractivity contribution in [1.29, 1.82) is 0 Å². The molecule has 2 N–H and O–H groups in total. The normalized spacial score (nSPS) is 13.9. The van der Waals surface area contributed by atoms with E-state index < -0.39 is 0 Å². The maximum Gasteiger partial charge on any atom is 0.166 e. The molecule has 1 saturated heterocycles. The van der Waals surface area contributed by atoms with Crippen molar-refractivity contribution in [1.82, 2.24) is 10.6 Å². The lowest BCUT2D eigenvalue weighted by Gasteiger charge is -2.23. The quantitative estimate of drug-likeness (QED) is 0.581. The van der Waals surface area contributed by atoms with E-state index in [0.717, 1.165) is 49.2 Å². The van der Waals surface area contributed by atoms with Gasteiger partial charge in [0.1, 0.15) is 6.61 Å². The van der Waals surface area contributed by atoms with Crippen LogP contribution in [-0.4, -0.2) is 26.2 Å². The predicted molar refractivity (Wildman–Crippen MR) is 125 cm³/mol. The molecule has 6 heteroatoms. The molecule has 2 aromatic carbocycles. The van der Waals surface area contributed by atoms with Crippen LogP contribution in [0.2, 0.25) is 0 Å². The van der Waals surface area contributed by atoms with E-state index >= 15 is 0 Å². The molecule has 0 radical (unpaired) electrons. The molecule has 0 aliphatic carbocycles. The molecule has 0 atom stereocenters. The first-order valence-corrected chi connectivity index (χ1v) is 10.1. The molecule has 1 fully saturated rings. The minimum atomic E-state index is 0. The number of hydrogen-bond acceptors (Lipinski definition) is 4. The number of halogens is 2. The first-order chi connectivity index (χ1) is 13.3. The molecule has 4 nitrogen and oxygen atoms in total. The van der Waals surface area contributed by atoms with Crippen LogP contribution in [0.1, 0.15) is 36.5 Å². The van der Waals surface area contributed by atoms with Gasteiger partial charge in [0, 0.05) is 12.1 Å². The Balaban J connectivity index is 0.00000210. The fourth-order valence-electron chi connectivity index (χ4n) is 3.47. The smallest absolute Gasteiger partial charge is 0.166 e. The highest BCUT2D eigenvalue weighted by molar-refractivity contribution is 5.85. The maximum absolute atomic E-state index is 6.21. The number of para-hydroxylation sites is 1. The van der Waals surface area contributed by atoms with Crippen LogP contribution in [0.5, 0.6) is 11.5 Å². The standard InChI is InChI=1S/C23H32N2O2.2ClH/c1-3-26-22-6-4-5-21(16-25-15-19-11-13-24-14-12-19)23(22)27-17-20-9-7-18(2)8-10-20;;/h4-10,19,24-25H,3,11-17H2,1-2H3;2*1H. The summed E-state index contributed by atoms with van der Waals surface area (Å²) in [6.45, 7) is 9.41. The Hall–Kier alpha value is -1.46. The Kier molecular flexibility index (Phi) is 12.1. The summed E-state index contributed by atoms with van der Waals surface area (Å²) < 4.78 is 12.0. The molecule has 0 bridgehead atoms. The van der Waals surface area contributed by atoms with Crippen molar-refractivity contribution < 1.29 is 9.47 Å². The van der Waals surface area contributed by atoms with Gasteiger partial charge < -0.3 is 20.1 Å².